The molecule has 10 heteroatoms. The van der Waals surface area contributed by atoms with Crippen molar-refractivity contribution in [2.45, 2.75) is 89.1 Å². The number of ether oxygens (including phenoxy) is 1. The van der Waals surface area contributed by atoms with E-state index < -0.39 is 34.6 Å². The number of carbonyl (C=O) groups excluding carboxylic acids is 2. The van der Waals surface area contributed by atoms with Crippen molar-refractivity contribution in [2.24, 2.45) is 5.41 Å². The molecular formula is C46H43ClF3NO5. The van der Waals surface area contributed by atoms with E-state index in [0.717, 1.165) is 58.5 Å². The zero-order chi connectivity index (χ0) is 39.4. The van der Waals surface area contributed by atoms with Crippen LogP contribution in [0.3, 0.4) is 0 Å². The Morgan fingerprint density at radius 3 is 2.61 bits per heavy atom. The second kappa shape index (κ2) is 14.6. The Balaban J connectivity index is 1.18. The zero-order valence-electron chi connectivity index (χ0n) is 31.3. The van der Waals surface area contributed by atoms with Gasteiger partial charge >= 0.3 is 12.3 Å². The molecule has 6 nitrogen and oxygen atoms in total. The molecule has 4 aliphatic rings. The number of aliphatic hydroxyl groups excluding tert-OH is 1. The van der Waals surface area contributed by atoms with Crippen molar-refractivity contribution in [1.29, 1.82) is 0 Å². The molecule has 4 unspecified atom stereocenters. The van der Waals surface area contributed by atoms with Crippen LogP contribution in [-0.2, 0) is 23.9 Å². The summed E-state index contributed by atoms with van der Waals surface area (Å²) >= 11 is 6.34. The van der Waals surface area contributed by atoms with Gasteiger partial charge < -0.3 is 14.3 Å². The summed E-state index contributed by atoms with van der Waals surface area (Å²) in [4.78, 5) is 30.3. The highest BCUT2D eigenvalue weighted by Gasteiger charge is 2.64. The van der Waals surface area contributed by atoms with Crippen LogP contribution in [0, 0.1) is 5.41 Å². The minimum absolute atomic E-state index is 0.0249. The highest BCUT2D eigenvalue weighted by atomic mass is 35.5. The number of hydrogen-bond acceptors (Lipinski definition) is 5. The van der Waals surface area contributed by atoms with Gasteiger partial charge in [-0.15, -0.1) is 0 Å². The Labute approximate surface area is 328 Å². The summed E-state index contributed by atoms with van der Waals surface area (Å²) in [6, 6.07) is 25.9. The Hall–Kier alpha value is -4.86. The van der Waals surface area contributed by atoms with Gasteiger partial charge in [0.15, 0.2) is 5.76 Å². The van der Waals surface area contributed by atoms with Crippen LogP contribution in [0.25, 0.3) is 22.1 Å². The smallest absolute Gasteiger partial charge is 0.416 e. The highest BCUT2D eigenvalue weighted by molar-refractivity contribution is 6.33. The SMILES string of the molecule is CC1=CCCC2(C)C(CCC23CN(Cc2cccc4ccccc24)C(=O)O3)c2ccc(cc2C(=O)c2ccc(-c3cc(C(F)(F)F)ccc3Cl)o2)CC(O)CC1. The largest absolute Gasteiger partial charge is 0.453 e. The summed E-state index contributed by atoms with van der Waals surface area (Å²) in [6.45, 7) is 5.07. The Morgan fingerprint density at radius 1 is 0.982 bits per heavy atom. The van der Waals surface area contributed by atoms with Gasteiger partial charge in [0.2, 0.25) is 5.78 Å². The third-order valence-corrected chi connectivity index (χ3v) is 12.8. The number of furan rings is 1. The molecule has 0 radical (unpaired) electrons. The maximum absolute atomic E-state index is 14.6. The summed E-state index contributed by atoms with van der Waals surface area (Å²) in [5.41, 5.74) is 1.90. The van der Waals surface area contributed by atoms with Gasteiger partial charge in [-0.3, -0.25) is 9.69 Å². The van der Waals surface area contributed by atoms with Gasteiger partial charge in [-0.25, -0.2) is 4.79 Å². The molecule has 1 amide bonds. The van der Waals surface area contributed by atoms with Crippen LogP contribution in [0.1, 0.15) is 96.7 Å². The number of halogens is 4. The van der Waals surface area contributed by atoms with Crippen LogP contribution in [-0.4, -0.2) is 40.1 Å². The highest BCUT2D eigenvalue weighted by Crippen LogP contribution is 2.62. The number of hydrogen-bond donors (Lipinski definition) is 1. The van der Waals surface area contributed by atoms with E-state index in [0.29, 0.717) is 50.8 Å². The molecule has 290 valence electrons. The minimum Gasteiger partial charge on any atom is -0.453 e. The van der Waals surface area contributed by atoms with E-state index in [9.17, 15) is 27.9 Å². The molecule has 5 aromatic rings. The van der Waals surface area contributed by atoms with Crippen LogP contribution < -0.4 is 0 Å². The molecular weight excluding hydrogens is 739 g/mol. The van der Waals surface area contributed by atoms with E-state index in [4.69, 9.17) is 20.8 Å². The molecule has 3 aliphatic carbocycles. The van der Waals surface area contributed by atoms with Gasteiger partial charge in [0.1, 0.15) is 11.4 Å². The van der Waals surface area contributed by atoms with Gasteiger partial charge in [0.05, 0.1) is 23.2 Å². The molecule has 4 atom stereocenters. The Kier molecular flexibility index (Phi) is 9.90. The summed E-state index contributed by atoms with van der Waals surface area (Å²) < 4.78 is 53.4. The second-order valence-corrected chi connectivity index (χ2v) is 16.4. The van der Waals surface area contributed by atoms with Crippen molar-refractivity contribution in [3.05, 3.63) is 141 Å². The van der Waals surface area contributed by atoms with Crippen LogP contribution in [0.5, 0.6) is 0 Å². The maximum Gasteiger partial charge on any atom is 0.416 e. The predicted molar refractivity (Wildman–Crippen MR) is 210 cm³/mol. The number of benzene rings is 4. The van der Waals surface area contributed by atoms with Crippen molar-refractivity contribution in [3.8, 4) is 11.3 Å². The fourth-order valence-corrected chi connectivity index (χ4v) is 9.58. The summed E-state index contributed by atoms with van der Waals surface area (Å²) in [7, 11) is 0. The molecule has 1 saturated carbocycles. The summed E-state index contributed by atoms with van der Waals surface area (Å²) in [5.74, 6) is -0.640. The molecule has 2 bridgehead atoms. The van der Waals surface area contributed by atoms with E-state index in [1.807, 2.05) is 47.4 Å². The fraction of sp³-hybridized carbons (Fsp3) is 0.348. The topological polar surface area (TPSA) is 80.0 Å². The molecule has 1 spiro atoms. The first-order chi connectivity index (χ1) is 26.7. The third kappa shape index (κ3) is 6.94. The maximum atomic E-state index is 14.6. The standard InChI is InChI=1S/C46H43ClF3NO5/c1-28-7-6-21-44(2)38(20-22-45(44)27-51(43(54)56-45)26-31-10-5-9-30-8-3-4-11-34(30)31)35-16-13-29(23-33(52)15-12-28)24-36(35)42(53)41-19-18-40(55-41)37-25-32(46(48,49)50)14-17-39(37)47/h3-5,7-11,13-14,16-19,24-25,33,38,52H,6,12,15,20-23,26-27H2,1-2H3. The molecule has 1 aliphatic heterocycles. The van der Waals surface area contributed by atoms with E-state index in [1.54, 1.807) is 0 Å². The first-order valence-electron chi connectivity index (χ1n) is 19.2. The monoisotopic (exact) mass is 781 g/mol. The van der Waals surface area contributed by atoms with Crippen LogP contribution >= 0.6 is 11.6 Å². The van der Waals surface area contributed by atoms with Crippen molar-refractivity contribution < 1.29 is 37.0 Å². The van der Waals surface area contributed by atoms with E-state index in [2.05, 4.69) is 38.1 Å². The van der Waals surface area contributed by atoms with Gasteiger partial charge in [-0.05, 0) is 122 Å². The van der Waals surface area contributed by atoms with Crippen LogP contribution in [0.15, 0.2) is 107 Å². The molecule has 1 saturated heterocycles. The van der Waals surface area contributed by atoms with Crippen molar-refractivity contribution in [2.75, 3.05) is 6.54 Å². The average Bonchev–Trinajstić information content (AvgIpc) is 3.86. The minimum atomic E-state index is -4.59. The van der Waals surface area contributed by atoms with Gasteiger partial charge in [-0.2, -0.15) is 13.2 Å². The molecule has 2 heterocycles. The number of allylic oxidation sites excluding steroid dienone is 2. The first-order valence-corrected chi connectivity index (χ1v) is 19.6. The lowest BCUT2D eigenvalue weighted by molar-refractivity contribution is -0.137. The van der Waals surface area contributed by atoms with Crippen LogP contribution in [0.4, 0.5) is 18.0 Å². The number of fused-ring (bicyclic) bond motifs is 9. The van der Waals surface area contributed by atoms with Crippen molar-refractivity contribution in [3.63, 3.8) is 0 Å². The van der Waals surface area contributed by atoms with Crippen molar-refractivity contribution in [1.82, 2.24) is 4.90 Å². The Morgan fingerprint density at radius 2 is 1.79 bits per heavy atom. The Bertz CT molecular complexity index is 2360. The molecule has 56 heavy (non-hydrogen) atoms. The predicted octanol–water partition coefficient (Wildman–Crippen LogP) is 11.7. The van der Waals surface area contributed by atoms with Gasteiger partial charge in [0.25, 0.3) is 0 Å². The first kappa shape index (κ1) is 38.0. The number of aliphatic hydroxyl groups is 1. The number of ketones is 1. The number of amides is 1. The lowest BCUT2D eigenvalue weighted by atomic mass is 9.65. The second-order valence-electron chi connectivity index (χ2n) is 16.0. The molecule has 4 aromatic carbocycles. The molecule has 2 fully saturated rings. The van der Waals surface area contributed by atoms with Crippen molar-refractivity contribution >= 4 is 34.2 Å². The molecule has 9 rings (SSSR count). The molecule has 1 aromatic heterocycles. The zero-order valence-corrected chi connectivity index (χ0v) is 32.1. The summed E-state index contributed by atoms with van der Waals surface area (Å²) in [6.07, 6.45) is 0.904. The molecule has 1 N–H and O–H groups in total. The lowest BCUT2D eigenvalue weighted by Gasteiger charge is -2.43. The third-order valence-electron chi connectivity index (χ3n) is 12.5. The number of rotatable bonds is 5. The van der Waals surface area contributed by atoms with Crippen LogP contribution in [0.2, 0.25) is 5.02 Å². The summed E-state index contributed by atoms with van der Waals surface area (Å²) in [5, 5.41) is 13.3. The number of carbonyl (C=O) groups is 2. The normalized spacial score (nSPS) is 24.3. The lowest BCUT2D eigenvalue weighted by Crippen LogP contribution is -2.48. The average molecular weight is 782 g/mol. The fourth-order valence-electron chi connectivity index (χ4n) is 9.37. The van der Waals surface area contributed by atoms with Gasteiger partial charge in [-0.1, -0.05) is 84.8 Å². The van der Waals surface area contributed by atoms with Gasteiger partial charge in [0, 0.05) is 23.1 Å². The number of alkyl halides is 3. The van der Waals surface area contributed by atoms with E-state index in [-0.39, 0.29) is 34.1 Å². The number of nitrogens with zero attached hydrogens (tertiary/aromatic N) is 1. The van der Waals surface area contributed by atoms with E-state index in [1.165, 1.54) is 17.7 Å². The van der Waals surface area contributed by atoms with E-state index >= 15 is 0 Å². The quantitative estimate of drug-likeness (QED) is 0.142.